The molecule has 134 valence electrons. The van der Waals surface area contributed by atoms with Crippen LogP contribution < -0.4 is 5.32 Å². The average molecular weight is 382 g/mol. The molecule has 0 fully saturated rings. The summed E-state index contributed by atoms with van der Waals surface area (Å²) in [5.41, 5.74) is 0.997. The highest BCUT2D eigenvalue weighted by Gasteiger charge is 2.25. The lowest BCUT2D eigenvalue weighted by Crippen LogP contribution is -2.33. The van der Waals surface area contributed by atoms with Crippen molar-refractivity contribution in [1.29, 1.82) is 0 Å². The fraction of sp³-hybridized carbons (Fsp3) is 0.294. The van der Waals surface area contributed by atoms with E-state index in [1.165, 1.54) is 29.6 Å². The molecule has 0 aliphatic carbocycles. The van der Waals surface area contributed by atoms with Crippen LogP contribution in [0.25, 0.3) is 0 Å². The first-order chi connectivity index (χ1) is 11.7. The highest BCUT2D eigenvalue weighted by molar-refractivity contribution is 7.89. The summed E-state index contributed by atoms with van der Waals surface area (Å²) in [4.78, 5) is 16.3. The average Bonchev–Trinajstić information content (AvgIpc) is 2.60. The summed E-state index contributed by atoms with van der Waals surface area (Å²) >= 11 is 6.09. The van der Waals surface area contributed by atoms with Crippen LogP contribution in [0, 0.1) is 0 Å². The van der Waals surface area contributed by atoms with Crippen molar-refractivity contribution in [2.45, 2.75) is 31.3 Å². The van der Waals surface area contributed by atoms with E-state index in [4.69, 9.17) is 11.6 Å². The quantitative estimate of drug-likeness (QED) is 0.834. The van der Waals surface area contributed by atoms with Crippen molar-refractivity contribution >= 4 is 27.5 Å². The van der Waals surface area contributed by atoms with Crippen molar-refractivity contribution in [2.24, 2.45) is 0 Å². The van der Waals surface area contributed by atoms with Gasteiger partial charge < -0.3 is 5.32 Å². The molecule has 1 aromatic heterocycles. The normalized spacial score (nSPS) is 11.8. The SMILES string of the molecule is CC(C)N(C)S(=O)(=O)c1ccc(Cl)c(C(=O)NCc2ccncc2)c1. The number of hydrogen-bond acceptors (Lipinski definition) is 4. The molecule has 25 heavy (non-hydrogen) atoms. The number of hydrogen-bond donors (Lipinski definition) is 1. The van der Waals surface area contributed by atoms with Crippen LogP contribution >= 0.6 is 11.6 Å². The summed E-state index contributed by atoms with van der Waals surface area (Å²) in [7, 11) is -2.19. The maximum atomic E-state index is 12.6. The van der Waals surface area contributed by atoms with E-state index < -0.39 is 15.9 Å². The number of rotatable bonds is 6. The predicted octanol–water partition coefficient (Wildman–Crippen LogP) is 2.69. The first kappa shape index (κ1) is 19.4. The Kier molecular flexibility index (Phi) is 6.16. The molecule has 6 nitrogen and oxygen atoms in total. The van der Waals surface area contributed by atoms with Gasteiger partial charge in [-0.3, -0.25) is 9.78 Å². The predicted molar refractivity (Wildman–Crippen MR) is 96.9 cm³/mol. The Bertz CT molecular complexity index is 855. The van der Waals surface area contributed by atoms with Crippen LogP contribution in [0.2, 0.25) is 5.02 Å². The van der Waals surface area contributed by atoms with Crippen molar-refractivity contribution in [3.8, 4) is 0 Å². The van der Waals surface area contributed by atoms with Gasteiger partial charge in [-0.25, -0.2) is 8.42 Å². The van der Waals surface area contributed by atoms with Crippen LogP contribution in [-0.4, -0.2) is 36.7 Å². The molecule has 0 spiro atoms. The molecule has 1 aromatic carbocycles. The van der Waals surface area contributed by atoms with Gasteiger partial charge in [0.1, 0.15) is 0 Å². The number of carbonyl (C=O) groups is 1. The molecule has 1 heterocycles. The Hall–Kier alpha value is -1.96. The number of aromatic nitrogens is 1. The molecule has 1 amide bonds. The van der Waals surface area contributed by atoms with Crippen molar-refractivity contribution in [3.05, 3.63) is 58.9 Å². The highest BCUT2D eigenvalue weighted by Crippen LogP contribution is 2.23. The number of benzene rings is 1. The smallest absolute Gasteiger partial charge is 0.253 e. The molecule has 2 rings (SSSR count). The van der Waals surface area contributed by atoms with Gasteiger partial charge in [-0.05, 0) is 49.7 Å². The zero-order valence-electron chi connectivity index (χ0n) is 14.2. The van der Waals surface area contributed by atoms with E-state index >= 15 is 0 Å². The Morgan fingerprint density at radius 1 is 1.24 bits per heavy atom. The van der Waals surface area contributed by atoms with Crippen LogP contribution in [0.5, 0.6) is 0 Å². The van der Waals surface area contributed by atoms with Crippen LogP contribution in [0.4, 0.5) is 0 Å². The summed E-state index contributed by atoms with van der Waals surface area (Å²) in [5.74, 6) is -0.439. The van der Waals surface area contributed by atoms with E-state index in [9.17, 15) is 13.2 Å². The third-order valence-corrected chi connectivity index (χ3v) is 6.15. The first-order valence-electron chi connectivity index (χ1n) is 7.68. The van der Waals surface area contributed by atoms with Gasteiger partial charge >= 0.3 is 0 Å². The number of amides is 1. The lowest BCUT2D eigenvalue weighted by atomic mass is 10.2. The molecule has 0 aliphatic heterocycles. The molecular weight excluding hydrogens is 362 g/mol. The van der Waals surface area contributed by atoms with E-state index in [1.807, 2.05) is 0 Å². The Balaban J connectivity index is 2.25. The number of nitrogens with one attached hydrogen (secondary N) is 1. The third-order valence-electron chi connectivity index (χ3n) is 3.79. The lowest BCUT2D eigenvalue weighted by Gasteiger charge is -2.21. The van der Waals surface area contributed by atoms with Gasteiger partial charge in [-0.15, -0.1) is 0 Å². The molecule has 2 aromatic rings. The number of carbonyl (C=O) groups excluding carboxylic acids is 1. The maximum absolute atomic E-state index is 12.6. The second kappa shape index (κ2) is 7.95. The fourth-order valence-corrected chi connectivity index (χ4v) is 3.66. The number of nitrogens with zero attached hydrogens (tertiary/aromatic N) is 2. The standard InChI is InChI=1S/C17H20ClN3O3S/c1-12(2)21(3)25(23,24)14-4-5-16(18)15(10-14)17(22)20-11-13-6-8-19-9-7-13/h4-10,12H,11H2,1-3H3,(H,20,22). The Morgan fingerprint density at radius 3 is 2.48 bits per heavy atom. The van der Waals surface area contributed by atoms with E-state index in [1.54, 1.807) is 38.4 Å². The molecular formula is C17H20ClN3O3S. The number of pyridine rings is 1. The van der Waals surface area contributed by atoms with E-state index in [0.717, 1.165) is 5.56 Å². The zero-order valence-corrected chi connectivity index (χ0v) is 15.8. The minimum atomic E-state index is -3.69. The van der Waals surface area contributed by atoms with Crippen molar-refractivity contribution in [2.75, 3.05) is 7.05 Å². The molecule has 0 aliphatic rings. The molecule has 0 atom stereocenters. The molecule has 8 heteroatoms. The number of halogens is 1. The third kappa shape index (κ3) is 4.56. The monoisotopic (exact) mass is 381 g/mol. The lowest BCUT2D eigenvalue weighted by molar-refractivity contribution is 0.0951. The fourth-order valence-electron chi connectivity index (χ4n) is 2.06. The maximum Gasteiger partial charge on any atom is 0.253 e. The first-order valence-corrected chi connectivity index (χ1v) is 9.50. The summed E-state index contributed by atoms with van der Waals surface area (Å²) in [5, 5.41) is 2.92. The van der Waals surface area contributed by atoms with Gasteiger partial charge in [-0.2, -0.15) is 4.31 Å². The Morgan fingerprint density at radius 2 is 1.88 bits per heavy atom. The van der Waals surface area contributed by atoms with Crippen molar-refractivity contribution in [3.63, 3.8) is 0 Å². The molecule has 0 saturated heterocycles. The Labute approximate surface area is 152 Å². The second-order valence-corrected chi connectivity index (χ2v) is 8.20. The van der Waals surface area contributed by atoms with Gasteiger partial charge in [0.05, 0.1) is 15.5 Å². The van der Waals surface area contributed by atoms with E-state index in [-0.39, 0.29) is 21.5 Å². The van der Waals surface area contributed by atoms with E-state index in [0.29, 0.717) is 6.54 Å². The van der Waals surface area contributed by atoms with Crippen molar-refractivity contribution < 1.29 is 13.2 Å². The van der Waals surface area contributed by atoms with Gasteiger partial charge in [0, 0.05) is 32.0 Å². The summed E-state index contributed by atoms with van der Waals surface area (Å²) < 4.78 is 26.4. The molecule has 1 N–H and O–H groups in total. The van der Waals surface area contributed by atoms with Gasteiger partial charge in [0.15, 0.2) is 0 Å². The minimum absolute atomic E-state index is 0.0298. The topological polar surface area (TPSA) is 79.4 Å². The molecule has 0 radical (unpaired) electrons. The summed E-state index contributed by atoms with van der Waals surface area (Å²) in [6.45, 7) is 3.84. The van der Waals surface area contributed by atoms with Crippen LogP contribution in [0.3, 0.4) is 0 Å². The van der Waals surface area contributed by atoms with Crippen molar-refractivity contribution in [1.82, 2.24) is 14.6 Å². The van der Waals surface area contributed by atoms with Gasteiger partial charge in [-0.1, -0.05) is 11.6 Å². The van der Waals surface area contributed by atoms with E-state index in [2.05, 4.69) is 10.3 Å². The second-order valence-electron chi connectivity index (χ2n) is 5.79. The van der Waals surface area contributed by atoms with Gasteiger partial charge in [0.2, 0.25) is 10.0 Å². The van der Waals surface area contributed by atoms with Crippen LogP contribution in [0.1, 0.15) is 29.8 Å². The molecule has 0 bridgehead atoms. The summed E-state index contributed by atoms with van der Waals surface area (Å²) in [6.07, 6.45) is 3.26. The van der Waals surface area contributed by atoms with Crippen LogP contribution in [-0.2, 0) is 16.6 Å². The van der Waals surface area contributed by atoms with Crippen LogP contribution in [0.15, 0.2) is 47.6 Å². The number of sulfonamides is 1. The minimum Gasteiger partial charge on any atom is -0.348 e. The molecule has 0 saturated carbocycles. The summed E-state index contributed by atoms with van der Waals surface area (Å²) in [6, 6.07) is 7.48. The highest BCUT2D eigenvalue weighted by atomic mass is 35.5. The zero-order chi connectivity index (χ0) is 18.6. The molecule has 0 unspecified atom stereocenters. The largest absolute Gasteiger partial charge is 0.348 e. The van der Waals surface area contributed by atoms with Gasteiger partial charge in [0.25, 0.3) is 5.91 Å².